The molecule has 114 valence electrons. The molecule has 3 rings (SSSR count). The van der Waals surface area contributed by atoms with E-state index in [4.69, 9.17) is 4.42 Å². The summed E-state index contributed by atoms with van der Waals surface area (Å²) in [6.45, 7) is 5.02. The highest BCUT2D eigenvalue weighted by atomic mass is 32.1. The standard InChI is InChI=1S/C18H20N2OS/c1-13-6-3-4-7-15(13)10-16(17-8-5-9-21-17)19-11-18-14(2)20-12-22-18/h3-9,12,16,19H,10-11H2,1-2H3. The van der Waals surface area contributed by atoms with E-state index >= 15 is 0 Å². The fourth-order valence-electron chi connectivity index (χ4n) is 2.53. The van der Waals surface area contributed by atoms with Crippen LogP contribution in [0.3, 0.4) is 0 Å². The van der Waals surface area contributed by atoms with E-state index in [-0.39, 0.29) is 6.04 Å². The molecule has 22 heavy (non-hydrogen) atoms. The average molecular weight is 312 g/mol. The Morgan fingerprint density at radius 2 is 2.05 bits per heavy atom. The highest BCUT2D eigenvalue weighted by molar-refractivity contribution is 7.09. The van der Waals surface area contributed by atoms with Crippen molar-refractivity contribution in [3.8, 4) is 0 Å². The monoisotopic (exact) mass is 312 g/mol. The lowest BCUT2D eigenvalue weighted by Crippen LogP contribution is -2.22. The summed E-state index contributed by atoms with van der Waals surface area (Å²) in [6, 6.07) is 12.7. The first-order valence-electron chi connectivity index (χ1n) is 7.44. The van der Waals surface area contributed by atoms with Gasteiger partial charge in [-0.3, -0.25) is 0 Å². The molecule has 1 aromatic carbocycles. The van der Waals surface area contributed by atoms with E-state index in [2.05, 4.69) is 48.4 Å². The van der Waals surface area contributed by atoms with Crippen LogP contribution in [0.4, 0.5) is 0 Å². The Bertz CT molecular complexity index is 718. The van der Waals surface area contributed by atoms with Gasteiger partial charge in [-0.25, -0.2) is 4.98 Å². The van der Waals surface area contributed by atoms with Crippen LogP contribution < -0.4 is 5.32 Å². The SMILES string of the molecule is Cc1ccccc1CC(NCc1scnc1C)c1ccco1. The molecule has 0 saturated carbocycles. The molecule has 3 nitrogen and oxygen atoms in total. The van der Waals surface area contributed by atoms with Crippen LogP contribution in [0.15, 0.2) is 52.6 Å². The fourth-order valence-corrected chi connectivity index (χ4v) is 3.26. The summed E-state index contributed by atoms with van der Waals surface area (Å²) in [7, 11) is 0. The zero-order valence-corrected chi connectivity index (χ0v) is 13.7. The van der Waals surface area contributed by atoms with Crippen LogP contribution >= 0.6 is 11.3 Å². The molecule has 1 unspecified atom stereocenters. The number of hydrogen-bond acceptors (Lipinski definition) is 4. The number of thiazole rings is 1. The van der Waals surface area contributed by atoms with Gasteiger partial charge in [-0.1, -0.05) is 24.3 Å². The average Bonchev–Trinajstić information content (AvgIpc) is 3.17. The number of aromatic nitrogens is 1. The van der Waals surface area contributed by atoms with Crippen molar-refractivity contribution < 1.29 is 4.42 Å². The highest BCUT2D eigenvalue weighted by Crippen LogP contribution is 2.22. The molecule has 0 saturated heterocycles. The minimum atomic E-state index is 0.164. The molecule has 3 aromatic rings. The van der Waals surface area contributed by atoms with Gasteiger partial charge in [-0.15, -0.1) is 11.3 Å². The number of nitrogens with zero attached hydrogens (tertiary/aromatic N) is 1. The van der Waals surface area contributed by atoms with E-state index in [1.165, 1.54) is 16.0 Å². The molecule has 0 aliphatic rings. The lowest BCUT2D eigenvalue weighted by atomic mass is 9.99. The fraction of sp³-hybridized carbons (Fsp3) is 0.278. The number of furan rings is 1. The summed E-state index contributed by atoms with van der Waals surface area (Å²) < 4.78 is 5.63. The van der Waals surface area contributed by atoms with Gasteiger partial charge >= 0.3 is 0 Å². The van der Waals surface area contributed by atoms with E-state index in [1.54, 1.807) is 17.6 Å². The maximum absolute atomic E-state index is 5.63. The Morgan fingerprint density at radius 3 is 2.73 bits per heavy atom. The van der Waals surface area contributed by atoms with Crippen LogP contribution in [0.1, 0.15) is 33.5 Å². The van der Waals surface area contributed by atoms with Gasteiger partial charge in [0, 0.05) is 11.4 Å². The zero-order valence-electron chi connectivity index (χ0n) is 12.9. The lowest BCUT2D eigenvalue weighted by molar-refractivity contribution is 0.409. The first kappa shape index (κ1) is 15.0. The smallest absolute Gasteiger partial charge is 0.121 e. The molecule has 2 aromatic heterocycles. The van der Waals surface area contributed by atoms with Gasteiger partial charge < -0.3 is 9.73 Å². The maximum atomic E-state index is 5.63. The first-order chi connectivity index (χ1) is 10.7. The van der Waals surface area contributed by atoms with E-state index in [0.29, 0.717) is 0 Å². The second-order valence-corrected chi connectivity index (χ2v) is 6.38. The third-order valence-electron chi connectivity index (χ3n) is 3.93. The molecule has 4 heteroatoms. The Balaban J connectivity index is 1.76. The number of nitrogens with one attached hydrogen (secondary N) is 1. The molecule has 1 atom stereocenters. The first-order valence-corrected chi connectivity index (χ1v) is 8.32. The Morgan fingerprint density at radius 1 is 1.18 bits per heavy atom. The third-order valence-corrected chi connectivity index (χ3v) is 4.86. The van der Waals surface area contributed by atoms with Crippen molar-refractivity contribution in [2.45, 2.75) is 32.9 Å². The van der Waals surface area contributed by atoms with Crippen LogP contribution in [0.25, 0.3) is 0 Å². The number of benzene rings is 1. The molecule has 2 heterocycles. The van der Waals surface area contributed by atoms with Crippen LogP contribution in [-0.4, -0.2) is 4.98 Å². The molecule has 0 fully saturated rings. The molecule has 0 radical (unpaired) electrons. The van der Waals surface area contributed by atoms with Crippen molar-refractivity contribution >= 4 is 11.3 Å². The lowest BCUT2D eigenvalue weighted by Gasteiger charge is -2.18. The highest BCUT2D eigenvalue weighted by Gasteiger charge is 2.16. The Hall–Kier alpha value is -1.91. The summed E-state index contributed by atoms with van der Waals surface area (Å²) in [5.74, 6) is 0.977. The van der Waals surface area contributed by atoms with Crippen molar-refractivity contribution in [1.82, 2.24) is 10.3 Å². The van der Waals surface area contributed by atoms with Gasteiger partial charge in [-0.2, -0.15) is 0 Å². The van der Waals surface area contributed by atoms with Crippen LogP contribution in [-0.2, 0) is 13.0 Å². The van der Waals surface area contributed by atoms with Gasteiger partial charge in [0.15, 0.2) is 0 Å². The topological polar surface area (TPSA) is 38.1 Å². The van der Waals surface area contributed by atoms with Gasteiger partial charge in [-0.05, 0) is 43.5 Å². The Labute approximate surface area is 135 Å². The molecule has 0 aliphatic heterocycles. The second kappa shape index (κ2) is 6.90. The predicted molar refractivity (Wildman–Crippen MR) is 90.0 cm³/mol. The van der Waals surface area contributed by atoms with Crippen LogP contribution in [0, 0.1) is 13.8 Å². The van der Waals surface area contributed by atoms with Gasteiger partial charge in [0.25, 0.3) is 0 Å². The normalized spacial score (nSPS) is 12.5. The van der Waals surface area contributed by atoms with Crippen molar-refractivity contribution in [1.29, 1.82) is 0 Å². The minimum Gasteiger partial charge on any atom is -0.468 e. The largest absolute Gasteiger partial charge is 0.468 e. The molecule has 0 aliphatic carbocycles. The van der Waals surface area contributed by atoms with Gasteiger partial charge in [0.05, 0.1) is 23.5 Å². The molecule has 0 spiro atoms. The van der Waals surface area contributed by atoms with Gasteiger partial charge in [0.1, 0.15) is 5.76 Å². The van der Waals surface area contributed by atoms with E-state index in [1.807, 2.05) is 17.6 Å². The summed E-state index contributed by atoms with van der Waals surface area (Å²) in [6.07, 6.45) is 2.65. The quantitative estimate of drug-likeness (QED) is 0.732. The Kier molecular flexibility index (Phi) is 4.71. The van der Waals surface area contributed by atoms with E-state index in [0.717, 1.165) is 24.4 Å². The molecular weight excluding hydrogens is 292 g/mol. The van der Waals surface area contributed by atoms with Crippen molar-refractivity contribution in [2.75, 3.05) is 0 Å². The summed E-state index contributed by atoms with van der Waals surface area (Å²) in [5.41, 5.74) is 5.66. The van der Waals surface area contributed by atoms with Crippen LogP contribution in [0.5, 0.6) is 0 Å². The summed E-state index contributed by atoms with van der Waals surface area (Å²) in [4.78, 5) is 5.59. The summed E-state index contributed by atoms with van der Waals surface area (Å²) >= 11 is 1.69. The maximum Gasteiger partial charge on any atom is 0.121 e. The predicted octanol–water partition coefficient (Wildman–Crippen LogP) is 4.43. The third kappa shape index (κ3) is 3.46. The van der Waals surface area contributed by atoms with Gasteiger partial charge in [0.2, 0.25) is 0 Å². The molecule has 0 bridgehead atoms. The van der Waals surface area contributed by atoms with E-state index in [9.17, 15) is 0 Å². The minimum absolute atomic E-state index is 0.164. The molecule has 0 amide bonds. The van der Waals surface area contributed by atoms with Crippen molar-refractivity contribution in [2.24, 2.45) is 0 Å². The van der Waals surface area contributed by atoms with Crippen molar-refractivity contribution in [3.63, 3.8) is 0 Å². The number of hydrogen-bond donors (Lipinski definition) is 1. The number of aryl methyl sites for hydroxylation is 2. The number of rotatable bonds is 6. The molecular formula is C18H20N2OS. The zero-order chi connectivity index (χ0) is 15.4. The summed E-state index contributed by atoms with van der Waals surface area (Å²) in [5, 5.41) is 3.62. The van der Waals surface area contributed by atoms with Crippen LogP contribution in [0.2, 0.25) is 0 Å². The van der Waals surface area contributed by atoms with E-state index < -0.39 is 0 Å². The molecule has 1 N–H and O–H groups in total. The second-order valence-electron chi connectivity index (χ2n) is 5.44. The van der Waals surface area contributed by atoms with Crippen molar-refractivity contribution in [3.05, 3.63) is 75.6 Å².